The Morgan fingerprint density at radius 1 is 1.24 bits per heavy atom. The molecule has 0 aliphatic carbocycles. The van der Waals surface area contributed by atoms with Crippen molar-refractivity contribution in [2.45, 2.75) is 26.5 Å². The van der Waals surface area contributed by atoms with Crippen molar-refractivity contribution in [1.29, 1.82) is 0 Å². The van der Waals surface area contributed by atoms with E-state index in [9.17, 15) is 9.59 Å². The molecule has 0 saturated heterocycles. The number of carbonyl (C=O) groups excluding carboxylic acids is 2. The summed E-state index contributed by atoms with van der Waals surface area (Å²) in [6.07, 6.45) is -0.0631. The van der Waals surface area contributed by atoms with Crippen LogP contribution in [0.4, 0.5) is 0 Å². The summed E-state index contributed by atoms with van der Waals surface area (Å²) >= 11 is 0. The van der Waals surface area contributed by atoms with Gasteiger partial charge in [-0.3, -0.25) is 9.59 Å². The van der Waals surface area contributed by atoms with Crippen molar-refractivity contribution in [3.8, 4) is 0 Å². The topological polar surface area (TPSA) is 55.4 Å². The zero-order chi connectivity index (χ0) is 12.7. The zero-order valence-electron chi connectivity index (χ0n) is 10.2. The number of carbonyl (C=O) groups is 2. The van der Waals surface area contributed by atoms with Crippen molar-refractivity contribution >= 4 is 11.7 Å². The maximum Gasteiger partial charge on any atom is 0.227 e. The minimum atomic E-state index is -0.246. The number of rotatable bonds is 6. The molecular formula is C13H17NO3. The number of Topliss-reactive ketones (excluding diaryl/α,β-unsaturated/α-hetero) is 1. The molecule has 0 aromatic heterocycles. The van der Waals surface area contributed by atoms with Crippen LogP contribution in [-0.2, 0) is 27.5 Å². The third-order valence-corrected chi connectivity index (χ3v) is 2.30. The molecule has 0 aliphatic rings. The average Bonchev–Trinajstić information content (AvgIpc) is 2.27. The van der Waals surface area contributed by atoms with Gasteiger partial charge in [-0.05, 0) is 18.1 Å². The fraction of sp³-hybridized carbons (Fsp3) is 0.385. The maximum absolute atomic E-state index is 11.3. The molecule has 0 atom stereocenters. The van der Waals surface area contributed by atoms with Gasteiger partial charge in [-0.2, -0.15) is 0 Å². The summed E-state index contributed by atoms with van der Waals surface area (Å²) in [5.41, 5.74) is 2.05. The number of benzene rings is 1. The van der Waals surface area contributed by atoms with E-state index in [1.807, 2.05) is 24.3 Å². The van der Waals surface area contributed by atoms with Gasteiger partial charge in [0.2, 0.25) is 5.91 Å². The molecule has 1 aromatic carbocycles. The first kappa shape index (κ1) is 13.4. The van der Waals surface area contributed by atoms with Crippen LogP contribution in [-0.4, -0.2) is 18.8 Å². The van der Waals surface area contributed by atoms with E-state index in [4.69, 9.17) is 4.74 Å². The lowest BCUT2D eigenvalue weighted by molar-refractivity contribution is -0.127. The summed E-state index contributed by atoms with van der Waals surface area (Å²) in [7, 11) is 1.63. The quantitative estimate of drug-likeness (QED) is 0.759. The van der Waals surface area contributed by atoms with Crippen LogP contribution in [0.1, 0.15) is 24.5 Å². The van der Waals surface area contributed by atoms with Crippen LogP contribution in [0, 0.1) is 0 Å². The van der Waals surface area contributed by atoms with Crippen LogP contribution >= 0.6 is 0 Å². The number of amides is 1. The lowest BCUT2D eigenvalue weighted by atomic mass is 10.1. The second-order valence-corrected chi connectivity index (χ2v) is 3.86. The molecule has 1 N–H and O–H groups in total. The standard InChI is InChI=1S/C13H17NO3/c1-10(15)7-13(16)14-8-11-5-3-4-6-12(11)9-17-2/h3-6H,7-9H2,1-2H3,(H,14,16). The highest BCUT2D eigenvalue weighted by molar-refractivity contribution is 5.96. The fourth-order valence-electron chi connectivity index (χ4n) is 1.51. The third kappa shape index (κ3) is 4.78. The molecule has 0 spiro atoms. The molecule has 1 rings (SSSR count). The van der Waals surface area contributed by atoms with Gasteiger partial charge in [-0.15, -0.1) is 0 Å². The van der Waals surface area contributed by atoms with Crippen LogP contribution in [0.2, 0.25) is 0 Å². The Morgan fingerprint density at radius 2 is 1.88 bits per heavy atom. The van der Waals surface area contributed by atoms with Gasteiger partial charge in [0.15, 0.2) is 0 Å². The van der Waals surface area contributed by atoms with Gasteiger partial charge in [0.1, 0.15) is 5.78 Å². The molecule has 0 saturated carbocycles. The van der Waals surface area contributed by atoms with Crippen molar-refractivity contribution < 1.29 is 14.3 Å². The Labute approximate surface area is 101 Å². The smallest absolute Gasteiger partial charge is 0.227 e. The summed E-state index contributed by atoms with van der Waals surface area (Å²) in [4.78, 5) is 22.1. The monoisotopic (exact) mass is 235 g/mol. The minimum Gasteiger partial charge on any atom is -0.380 e. The Hall–Kier alpha value is -1.68. The first-order valence-corrected chi connectivity index (χ1v) is 5.45. The lowest BCUT2D eigenvalue weighted by Gasteiger charge is -2.09. The van der Waals surface area contributed by atoms with Gasteiger partial charge in [-0.1, -0.05) is 24.3 Å². The summed E-state index contributed by atoms with van der Waals surface area (Å²) in [6, 6.07) is 7.72. The van der Waals surface area contributed by atoms with Gasteiger partial charge >= 0.3 is 0 Å². The summed E-state index contributed by atoms with van der Waals surface area (Å²) in [5, 5.41) is 2.71. The number of nitrogens with one attached hydrogen (secondary N) is 1. The number of ketones is 1. The highest BCUT2D eigenvalue weighted by atomic mass is 16.5. The van der Waals surface area contributed by atoms with Crippen LogP contribution < -0.4 is 5.32 Å². The normalized spacial score (nSPS) is 10.0. The molecule has 0 unspecified atom stereocenters. The third-order valence-electron chi connectivity index (χ3n) is 2.30. The maximum atomic E-state index is 11.3. The van der Waals surface area contributed by atoms with E-state index in [1.54, 1.807) is 7.11 Å². The van der Waals surface area contributed by atoms with Crippen molar-refractivity contribution in [3.63, 3.8) is 0 Å². The van der Waals surface area contributed by atoms with E-state index in [1.165, 1.54) is 6.92 Å². The highest BCUT2D eigenvalue weighted by Gasteiger charge is 2.06. The van der Waals surface area contributed by atoms with Gasteiger partial charge in [-0.25, -0.2) is 0 Å². The van der Waals surface area contributed by atoms with Crippen LogP contribution in [0.25, 0.3) is 0 Å². The van der Waals surface area contributed by atoms with E-state index in [2.05, 4.69) is 5.32 Å². The van der Waals surface area contributed by atoms with E-state index >= 15 is 0 Å². The van der Waals surface area contributed by atoms with Crippen molar-refractivity contribution in [2.75, 3.05) is 7.11 Å². The average molecular weight is 235 g/mol. The molecule has 0 heterocycles. The highest BCUT2D eigenvalue weighted by Crippen LogP contribution is 2.09. The summed E-state index contributed by atoms with van der Waals surface area (Å²) < 4.78 is 5.07. The van der Waals surface area contributed by atoms with Crippen LogP contribution in [0.15, 0.2) is 24.3 Å². The lowest BCUT2D eigenvalue weighted by Crippen LogP contribution is -2.25. The summed E-state index contributed by atoms with van der Waals surface area (Å²) in [6.45, 7) is 2.34. The molecule has 17 heavy (non-hydrogen) atoms. The van der Waals surface area contributed by atoms with Crippen molar-refractivity contribution in [3.05, 3.63) is 35.4 Å². The molecule has 4 heteroatoms. The van der Waals surface area contributed by atoms with Crippen molar-refractivity contribution in [1.82, 2.24) is 5.32 Å². The number of hydrogen-bond acceptors (Lipinski definition) is 3. The molecule has 1 aromatic rings. The predicted octanol–water partition coefficient (Wildman–Crippen LogP) is 1.43. The van der Waals surface area contributed by atoms with Gasteiger partial charge < -0.3 is 10.1 Å². The zero-order valence-corrected chi connectivity index (χ0v) is 10.2. The molecule has 92 valence electrons. The van der Waals surface area contributed by atoms with Crippen molar-refractivity contribution in [2.24, 2.45) is 0 Å². The second kappa shape index (κ2) is 6.81. The molecule has 1 amide bonds. The molecule has 4 nitrogen and oxygen atoms in total. The molecule has 0 aliphatic heterocycles. The molecule has 0 fully saturated rings. The first-order chi connectivity index (χ1) is 8.13. The SMILES string of the molecule is COCc1ccccc1CNC(=O)CC(C)=O. The largest absolute Gasteiger partial charge is 0.380 e. The molecule has 0 bridgehead atoms. The van der Waals surface area contributed by atoms with Gasteiger partial charge in [0, 0.05) is 13.7 Å². The van der Waals surface area contributed by atoms with E-state index in [0.29, 0.717) is 13.2 Å². The van der Waals surface area contributed by atoms with E-state index in [-0.39, 0.29) is 18.1 Å². The van der Waals surface area contributed by atoms with E-state index < -0.39 is 0 Å². The first-order valence-electron chi connectivity index (χ1n) is 5.45. The van der Waals surface area contributed by atoms with Crippen LogP contribution in [0.5, 0.6) is 0 Å². The number of hydrogen-bond donors (Lipinski definition) is 1. The molecular weight excluding hydrogens is 218 g/mol. The summed E-state index contributed by atoms with van der Waals surface area (Å²) in [5.74, 6) is -0.377. The van der Waals surface area contributed by atoms with Crippen LogP contribution in [0.3, 0.4) is 0 Å². The van der Waals surface area contributed by atoms with Gasteiger partial charge in [0.05, 0.1) is 13.0 Å². The Kier molecular flexibility index (Phi) is 5.36. The molecule has 0 radical (unpaired) electrons. The Bertz CT molecular complexity index is 401. The van der Waals surface area contributed by atoms with Gasteiger partial charge in [0.25, 0.3) is 0 Å². The number of methoxy groups -OCH3 is 1. The van der Waals surface area contributed by atoms with E-state index in [0.717, 1.165) is 11.1 Å². The predicted molar refractivity (Wildman–Crippen MR) is 64.3 cm³/mol. The fourth-order valence-corrected chi connectivity index (χ4v) is 1.51. The Morgan fingerprint density at radius 3 is 2.47 bits per heavy atom. The Balaban J connectivity index is 2.56. The number of ether oxygens (including phenoxy) is 1. The minimum absolute atomic E-state index is 0.0631. The second-order valence-electron chi connectivity index (χ2n) is 3.86.